The standard InChI is InChI=1S/C19H21N/c1-2-3-6-14-20-15-8-13-19(20)18-12-7-10-16-9-4-5-11-17(16)18/h4-5,7-13,15H,2-3,6,14H2,1H3. The fourth-order valence-corrected chi connectivity index (χ4v) is 2.83. The molecule has 0 aliphatic heterocycles. The zero-order valence-electron chi connectivity index (χ0n) is 12.0. The zero-order chi connectivity index (χ0) is 13.8. The number of hydrogen-bond acceptors (Lipinski definition) is 0. The van der Waals surface area contributed by atoms with Crippen molar-refractivity contribution in [3.05, 3.63) is 60.8 Å². The van der Waals surface area contributed by atoms with Crippen LogP contribution in [0.4, 0.5) is 0 Å². The molecule has 0 aliphatic carbocycles. The Morgan fingerprint density at radius 3 is 2.60 bits per heavy atom. The molecule has 1 heteroatoms. The van der Waals surface area contributed by atoms with Gasteiger partial charge in [-0.15, -0.1) is 0 Å². The van der Waals surface area contributed by atoms with E-state index in [1.165, 1.54) is 41.3 Å². The minimum atomic E-state index is 1.11. The summed E-state index contributed by atoms with van der Waals surface area (Å²) in [5.41, 5.74) is 2.67. The van der Waals surface area contributed by atoms with Crippen molar-refractivity contribution < 1.29 is 0 Å². The summed E-state index contributed by atoms with van der Waals surface area (Å²) in [6.07, 6.45) is 6.02. The highest BCUT2D eigenvalue weighted by Crippen LogP contribution is 2.29. The Kier molecular flexibility index (Phi) is 3.87. The van der Waals surface area contributed by atoms with Crippen LogP contribution in [0.15, 0.2) is 60.8 Å². The molecule has 1 aromatic heterocycles. The van der Waals surface area contributed by atoms with Gasteiger partial charge in [0.1, 0.15) is 0 Å². The Morgan fingerprint density at radius 2 is 1.70 bits per heavy atom. The van der Waals surface area contributed by atoms with Gasteiger partial charge < -0.3 is 4.57 Å². The molecule has 102 valence electrons. The molecule has 3 rings (SSSR count). The first-order valence-corrected chi connectivity index (χ1v) is 7.53. The maximum absolute atomic E-state index is 2.39. The maximum Gasteiger partial charge on any atom is 0.0486 e. The molecule has 0 atom stereocenters. The lowest BCUT2D eigenvalue weighted by Gasteiger charge is -2.11. The van der Waals surface area contributed by atoms with Crippen LogP contribution in [0.25, 0.3) is 22.0 Å². The summed E-state index contributed by atoms with van der Waals surface area (Å²) in [5.74, 6) is 0. The molecule has 0 radical (unpaired) electrons. The molecule has 0 amide bonds. The van der Waals surface area contributed by atoms with Gasteiger partial charge in [0.15, 0.2) is 0 Å². The van der Waals surface area contributed by atoms with Crippen LogP contribution in [0.5, 0.6) is 0 Å². The van der Waals surface area contributed by atoms with Crippen LogP contribution in [0.2, 0.25) is 0 Å². The molecular formula is C19H21N. The first-order valence-electron chi connectivity index (χ1n) is 7.53. The minimum absolute atomic E-state index is 1.11. The van der Waals surface area contributed by atoms with E-state index in [2.05, 4.69) is 72.3 Å². The molecule has 0 aliphatic rings. The van der Waals surface area contributed by atoms with E-state index in [0.717, 1.165) is 6.54 Å². The third kappa shape index (κ3) is 2.49. The van der Waals surface area contributed by atoms with Crippen molar-refractivity contribution in [2.24, 2.45) is 0 Å². The van der Waals surface area contributed by atoms with Crippen molar-refractivity contribution in [1.29, 1.82) is 0 Å². The smallest absolute Gasteiger partial charge is 0.0486 e. The molecule has 1 nitrogen and oxygen atoms in total. The number of hydrogen-bond donors (Lipinski definition) is 0. The lowest BCUT2D eigenvalue weighted by Crippen LogP contribution is -1.98. The van der Waals surface area contributed by atoms with Gasteiger partial charge in [0, 0.05) is 24.0 Å². The van der Waals surface area contributed by atoms with Crippen LogP contribution in [0.3, 0.4) is 0 Å². The fraction of sp³-hybridized carbons (Fsp3) is 0.263. The largest absolute Gasteiger partial charge is 0.347 e. The molecule has 3 aromatic rings. The van der Waals surface area contributed by atoms with E-state index in [9.17, 15) is 0 Å². The number of unbranched alkanes of at least 4 members (excludes halogenated alkanes) is 2. The van der Waals surface area contributed by atoms with Gasteiger partial charge in [-0.1, -0.05) is 62.2 Å². The summed E-state index contributed by atoms with van der Waals surface area (Å²) < 4.78 is 2.39. The van der Waals surface area contributed by atoms with E-state index >= 15 is 0 Å². The molecule has 0 saturated heterocycles. The Hall–Kier alpha value is -2.02. The topological polar surface area (TPSA) is 4.93 Å². The van der Waals surface area contributed by atoms with Crippen LogP contribution < -0.4 is 0 Å². The number of rotatable bonds is 5. The van der Waals surface area contributed by atoms with Crippen LogP contribution in [-0.2, 0) is 6.54 Å². The van der Waals surface area contributed by atoms with E-state index in [-0.39, 0.29) is 0 Å². The molecule has 1 heterocycles. The summed E-state index contributed by atoms with van der Waals surface area (Å²) in [6, 6.07) is 19.6. The molecule has 0 N–H and O–H groups in total. The highest BCUT2D eigenvalue weighted by Gasteiger charge is 2.07. The summed E-state index contributed by atoms with van der Waals surface area (Å²) in [7, 11) is 0. The molecule has 0 unspecified atom stereocenters. The van der Waals surface area contributed by atoms with Crippen LogP contribution in [0, 0.1) is 0 Å². The number of aromatic nitrogens is 1. The van der Waals surface area contributed by atoms with E-state index in [1.807, 2.05) is 0 Å². The maximum atomic E-state index is 2.39. The van der Waals surface area contributed by atoms with Crippen molar-refractivity contribution in [3.8, 4) is 11.3 Å². The number of nitrogens with zero attached hydrogens (tertiary/aromatic N) is 1. The van der Waals surface area contributed by atoms with E-state index in [0.29, 0.717) is 0 Å². The SMILES string of the molecule is CCCCCn1cccc1-c1cccc2ccccc12. The quantitative estimate of drug-likeness (QED) is 0.536. The van der Waals surface area contributed by atoms with Crippen molar-refractivity contribution in [3.63, 3.8) is 0 Å². The van der Waals surface area contributed by atoms with Gasteiger partial charge in [-0.05, 0) is 29.3 Å². The predicted octanol–water partition coefficient (Wildman–Crippen LogP) is 5.50. The molecular weight excluding hydrogens is 242 g/mol. The van der Waals surface area contributed by atoms with Gasteiger partial charge in [-0.25, -0.2) is 0 Å². The van der Waals surface area contributed by atoms with Gasteiger partial charge in [0.05, 0.1) is 0 Å². The summed E-state index contributed by atoms with van der Waals surface area (Å²) in [4.78, 5) is 0. The normalized spacial score (nSPS) is 11.1. The summed E-state index contributed by atoms with van der Waals surface area (Å²) in [5, 5.41) is 2.65. The van der Waals surface area contributed by atoms with Crippen molar-refractivity contribution >= 4 is 10.8 Å². The minimum Gasteiger partial charge on any atom is -0.347 e. The van der Waals surface area contributed by atoms with Gasteiger partial charge >= 0.3 is 0 Å². The lowest BCUT2D eigenvalue weighted by atomic mass is 10.0. The van der Waals surface area contributed by atoms with Gasteiger partial charge in [0.25, 0.3) is 0 Å². The predicted molar refractivity (Wildman–Crippen MR) is 86.9 cm³/mol. The number of aryl methyl sites for hydroxylation is 1. The van der Waals surface area contributed by atoms with Gasteiger partial charge in [-0.2, -0.15) is 0 Å². The zero-order valence-corrected chi connectivity index (χ0v) is 12.0. The van der Waals surface area contributed by atoms with E-state index in [1.54, 1.807) is 0 Å². The lowest BCUT2D eigenvalue weighted by molar-refractivity contribution is 0.608. The average molecular weight is 263 g/mol. The third-order valence-electron chi connectivity index (χ3n) is 3.90. The Morgan fingerprint density at radius 1 is 0.850 bits per heavy atom. The first-order chi connectivity index (χ1) is 9.90. The second-order valence-electron chi connectivity index (χ2n) is 5.32. The Balaban J connectivity index is 2.01. The molecule has 0 fully saturated rings. The van der Waals surface area contributed by atoms with Crippen molar-refractivity contribution in [1.82, 2.24) is 4.57 Å². The molecule has 0 spiro atoms. The van der Waals surface area contributed by atoms with E-state index < -0.39 is 0 Å². The van der Waals surface area contributed by atoms with Crippen molar-refractivity contribution in [2.75, 3.05) is 0 Å². The first kappa shape index (κ1) is 13.0. The monoisotopic (exact) mass is 263 g/mol. The van der Waals surface area contributed by atoms with Crippen molar-refractivity contribution in [2.45, 2.75) is 32.7 Å². The average Bonchev–Trinajstić information content (AvgIpc) is 2.95. The molecule has 20 heavy (non-hydrogen) atoms. The highest BCUT2D eigenvalue weighted by molar-refractivity contribution is 5.95. The van der Waals surface area contributed by atoms with Crippen LogP contribution in [-0.4, -0.2) is 4.57 Å². The second kappa shape index (κ2) is 5.96. The Bertz CT molecular complexity index is 688. The summed E-state index contributed by atoms with van der Waals surface area (Å²) in [6.45, 7) is 3.36. The molecule has 0 saturated carbocycles. The molecule has 2 aromatic carbocycles. The number of benzene rings is 2. The van der Waals surface area contributed by atoms with Crippen LogP contribution >= 0.6 is 0 Å². The van der Waals surface area contributed by atoms with Gasteiger partial charge in [-0.3, -0.25) is 0 Å². The highest BCUT2D eigenvalue weighted by atomic mass is 15.0. The van der Waals surface area contributed by atoms with Gasteiger partial charge in [0.2, 0.25) is 0 Å². The number of fused-ring (bicyclic) bond motifs is 1. The Labute approximate surface area is 120 Å². The third-order valence-corrected chi connectivity index (χ3v) is 3.90. The molecule has 0 bridgehead atoms. The summed E-state index contributed by atoms with van der Waals surface area (Å²) >= 11 is 0. The van der Waals surface area contributed by atoms with E-state index in [4.69, 9.17) is 0 Å². The fourth-order valence-electron chi connectivity index (χ4n) is 2.83. The van der Waals surface area contributed by atoms with Crippen LogP contribution in [0.1, 0.15) is 26.2 Å². The second-order valence-corrected chi connectivity index (χ2v) is 5.32.